The Morgan fingerprint density at radius 3 is 2.11 bits per heavy atom. The minimum Gasteiger partial charge on any atom is -0.484 e. The van der Waals surface area contributed by atoms with Crippen LogP contribution in [0.15, 0.2) is 48.5 Å². The number of hydrogen-bond acceptors (Lipinski definition) is 4. The molecule has 1 saturated heterocycles. The molecule has 2 fully saturated rings. The van der Waals surface area contributed by atoms with E-state index in [1.54, 1.807) is 24.3 Å². The van der Waals surface area contributed by atoms with E-state index < -0.39 is 12.1 Å². The van der Waals surface area contributed by atoms with E-state index in [4.69, 9.17) is 4.74 Å². The van der Waals surface area contributed by atoms with Crippen molar-refractivity contribution in [3.63, 3.8) is 0 Å². The van der Waals surface area contributed by atoms with Crippen LogP contribution in [0.1, 0.15) is 43.6 Å². The smallest absolute Gasteiger partial charge is 0.471 e. The zero-order valence-corrected chi connectivity index (χ0v) is 19.5. The van der Waals surface area contributed by atoms with Gasteiger partial charge in [0.15, 0.2) is 6.61 Å². The third-order valence-electron chi connectivity index (χ3n) is 6.65. The number of piperazine rings is 1. The van der Waals surface area contributed by atoms with Gasteiger partial charge in [-0.15, -0.1) is 0 Å². The molecule has 1 saturated carbocycles. The highest BCUT2D eigenvalue weighted by atomic mass is 19.4. The highest BCUT2D eigenvalue weighted by Crippen LogP contribution is 2.33. The number of anilines is 2. The van der Waals surface area contributed by atoms with Crippen LogP contribution in [0, 0.1) is 0 Å². The van der Waals surface area contributed by atoms with Crippen LogP contribution >= 0.6 is 0 Å². The number of hydrogen-bond donors (Lipinski definition) is 1. The van der Waals surface area contributed by atoms with E-state index in [-0.39, 0.29) is 25.6 Å². The minimum atomic E-state index is -4.84. The van der Waals surface area contributed by atoms with Crippen LogP contribution in [0.2, 0.25) is 0 Å². The molecule has 0 bridgehead atoms. The van der Waals surface area contributed by atoms with Gasteiger partial charge in [-0.25, -0.2) is 0 Å². The Hall–Kier alpha value is -3.23. The first kappa shape index (κ1) is 24.9. The molecule has 1 heterocycles. The van der Waals surface area contributed by atoms with Crippen LogP contribution < -0.4 is 15.0 Å². The molecule has 0 spiro atoms. The van der Waals surface area contributed by atoms with Crippen molar-refractivity contribution >= 4 is 23.2 Å². The summed E-state index contributed by atoms with van der Waals surface area (Å²) < 4.78 is 43.4. The molecule has 188 valence electrons. The van der Waals surface area contributed by atoms with Crippen molar-refractivity contribution in [2.75, 3.05) is 43.0 Å². The molecule has 1 aliphatic heterocycles. The van der Waals surface area contributed by atoms with Crippen molar-refractivity contribution in [2.24, 2.45) is 0 Å². The van der Waals surface area contributed by atoms with Gasteiger partial charge < -0.3 is 19.9 Å². The van der Waals surface area contributed by atoms with Crippen molar-refractivity contribution in [2.45, 2.75) is 44.2 Å². The molecule has 0 atom stereocenters. The topological polar surface area (TPSA) is 61.9 Å². The standard InChI is InChI=1S/C26H30F3N3O3/c27-26(28,29)25(34)32-16-14-31(15-17-32)22-10-8-21(9-11-22)30-24(33)18-35-23-12-6-20(7-13-23)19-4-2-1-3-5-19/h6-13,19H,1-5,14-18H2,(H,30,33). The molecule has 2 aromatic rings. The molecule has 1 N–H and O–H groups in total. The molecule has 0 unspecified atom stereocenters. The van der Waals surface area contributed by atoms with Gasteiger partial charge in [-0.1, -0.05) is 31.4 Å². The maximum atomic E-state index is 12.6. The molecule has 1 aliphatic carbocycles. The van der Waals surface area contributed by atoms with E-state index in [0.29, 0.717) is 30.4 Å². The normalized spacial score (nSPS) is 17.2. The second-order valence-electron chi connectivity index (χ2n) is 9.06. The van der Waals surface area contributed by atoms with Crippen molar-refractivity contribution < 1.29 is 27.5 Å². The fourth-order valence-electron chi connectivity index (χ4n) is 4.72. The van der Waals surface area contributed by atoms with E-state index >= 15 is 0 Å². The lowest BCUT2D eigenvalue weighted by Crippen LogP contribution is -2.52. The first-order valence-corrected chi connectivity index (χ1v) is 12.0. The summed E-state index contributed by atoms with van der Waals surface area (Å²) in [6.45, 7) is 0.521. The van der Waals surface area contributed by atoms with E-state index in [2.05, 4.69) is 17.4 Å². The Morgan fingerprint density at radius 1 is 0.886 bits per heavy atom. The summed E-state index contributed by atoms with van der Waals surface area (Å²) in [5, 5.41) is 2.78. The van der Waals surface area contributed by atoms with Gasteiger partial charge in [-0.05, 0) is 60.7 Å². The molecule has 9 heteroatoms. The minimum absolute atomic E-state index is 0.00973. The fourth-order valence-corrected chi connectivity index (χ4v) is 4.72. The van der Waals surface area contributed by atoms with Crippen molar-refractivity contribution in [1.82, 2.24) is 4.90 Å². The summed E-state index contributed by atoms with van der Waals surface area (Å²) in [6, 6.07) is 15.0. The Labute approximate surface area is 203 Å². The SMILES string of the molecule is O=C(COc1ccc(C2CCCCC2)cc1)Nc1ccc(N2CCN(C(=O)C(F)(F)F)CC2)cc1. The number of nitrogens with zero attached hydrogens (tertiary/aromatic N) is 2. The van der Waals surface area contributed by atoms with Crippen LogP contribution in [0.4, 0.5) is 24.5 Å². The predicted molar refractivity (Wildman–Crippen MR) is 128 cm³/mol. The van der Waals surface area contributed by atoms with Gasteiger partial charge in [0.1, 0.15) is 5.75 Å². The molecule has 0 radical (unpaired) electrons. The molecular formula is C26H30F3N3O3. The molecule has 2 aromatic carbocycles. The molecular weight excluding hydrogens is 459 g/mol. The third kappa shape index (κ3) is 6.68. The van der Waals surface area contributed by atoms with Gasteiger partial charge in [0.2, 0.25) is 0 Å². The molecule has 35 heavy (non-hydrogen) atoms. The van der Waals surface area contributed by atoms with Crippen LogP contribution in [0.5, 0.6) is 5.75 Å². The predicted octanol–water partition coefficient (Wildman–Crippen LogP) is 4.96. The summed E-state index contributed by atoms with van der Waals surface area (Å²) in [4.78, 5) is 26.4. The monoisotopic (exact) mass is 489 g/mol. The largest absolute Gasteiger partial charge is 0.484 e. The Kier molecular flexibility index (Phi) is 7.83. The van der Waals surface area contributed by atoms with Crippen LogP contribution in [0.25, 0.3) is 0 Å². The molecule has 2 amide bonds. The summed E-state index contributed by atoms with van der Waals surface area (Å²) in [5.74, 6) is -0.806. The number of nitrogens with one attached hydrogen (secondary N) is 1. The lowest BCUT2D eigenvalue weighted by molar-refractivity contribution is -0.185. The van der Waals surface area contributed by atoms with E-state index in [9.17, 15) is 22.8 Å². The first-order valence-electron chi connectivity index (χ1n) is 12.0. The number of rotatable bonds is 6. The van der Waals surface area contributed by atoms with E-state index in [0.717, 1.165) is 10.6 Å². The number of alkyl halides is 3. The van der Waals surface area contributed by atoms with Gasteiger partial charge in [-0.2, -0.15) is 13.2 Å². The maximum absolute atomic E-state index is 12.6. The lowest BCUT2D eigenvalue weighted by Gasteiger charge is -2.36. The molecule has 4 rings (SSSR count). The highest BCUT2D eigenvalue weighted by molar-refractivity contribution is 5.92. The Balaban J connectivity index is 1.21. The van der Waals surface area contributed by atoms with Gasteiger partial charge >= 0.3 is 12.1 Å². The number of halogens is 3. The third-order valence-corrected chi connectivity index (χ3v) is 6.65. The van der Waals surface area contributed by atoms with E-state index in [1.807, 2.05) is 17.0 Å². The van der Waals surface area contributed by atoms with Crippen LogP contribution in [-0.2, 0) is 9.59 Å². The zero-order chi connectivity index (χ0) is 24.8. The van der Waals surface area contributed by atoms with Gasteiger partial charge in [0.05, 0.1) is 0 Å². The summed E-state index contributed by atoms with van der Waals surface area (Å²) in [5.41, 5.74) is 2.74. The first-order chi connectivity index (χ1) is 16.8. The number of carbonyl (C=O) groups is 2. The maximum Gasteiger partial charge on any atom is 0.471 e. The number of carbonyl (C=O) groups excluding carboxylic acids is 2. The molecule has 2 aliphatic rings. The zero-order valence-electron chi connectivity index (χ0n) is 19.5. The van der Waals surface area contributed by atoms with Crippen molar-refractivity contribution in [1.29, 1.82) is 0 Å². The lowest BCUT2D eigenvalue weighted by atomic mass is 9.84. The van der Waals surface area contributed by atoms with Crippen molar-refractivity contribution in [3.8, 4) is 5.75 Å². The van der Waals surface area contributed by atoms with Gasteiger partial charge in [-0.3, -0.25) is 9.59 Å². The van der Waals surface area contributed by atoms with E-state index in [1.165, 1.54) is 37.7 Å². The fraction of sp³-hybridized carbons (Fsp3) is 0.462. The summed E-state index contributed by atoms with van der Waals surface area (Å²) >= 11 is 0. The summed E-state index contributed by atoms with van der Waals surface area (Å²) in [6.07, 6.45) is 1.50. The average molecular weight is 490 g/mol. The number of amides is 2. The van der Waals surface area contributed by atoms with Crippen LogP contribution in [0.3, 0.4) is 0 Å². The quantitative estimate of drug-likeness (QED) is 0.623. The van der Waals surface area contributed by atoms with Crippen LogP contribution in [-0.4, -0.2) is 55.7 Å². The second-order valence-corrected chi connectivity index (χ2v) is 9.06. The number of ether oxygens (including phenoxy) is 1. The average Bonchev–Trinajstić information content (AvgIpc) is 2.88. The molecule has 6 nitrogen and oxygen atoms in total. The summed E-state index contributed by atoms with van der Waals surface area (Å²) in [7, 11) is 0. The molecule has 0 aromatic heterocycles. The van der Waals surface area contributed by atoms with Gasteiger partial charge in [0.25, 0.3) is 5.91 Å². The number of benzene rings is 2. The van der Waals surface area contributed by atoms with Crippen molar-refractivity contribution in [3.05, 3.63) is 54.1 Å². The Bertz CT molecular complexity index is 995. The van der Waals surface area contributed by atoms with Gasteiger partial charge in [0, 0.05) is 37.6 Å². The Morgan fingerprint density at radius 2 is 1.51 bits per heavy atom. The second kappa shape index (κ2) is 11.0. The highest BCUT2D eigenvalue weighted by Gasteiger charge is 2.43.